The summed E-state index contributed by atoms with van der Waals surface area (Å²) < 4.78 is 3.38. The Morgan fingerprint density at radius 1 is 1.50 bits per heavy atom. The predicted molar refractivity (Wildman–Crippen MR) is 62.2 cm³/mol. The molecule has 0 aromatic carbocycles. The number of hydrogen-bond donors (Lipinski definition) is 1. The van der Waals surface area contributed by atoms with Gasteiger partial charge in [-0.2, -0.15) is 0 Å². The Morgan fingerprint density at radius 3 is 2.00 bits per heavy atom. The van der Waals surface area contributed by atoms with E-state index in [0.717, 1.165) is 0 Å². The van der Waals surface area contributed by atoms with Crippen LogP contribution in [0.4, 0.5) is 4.79 Å². The molecule has 0 rings (SSSR count). The summed E-state index contributed by atoms with van der Waals surface area (Å²) in [6.07, 6.45) is 0. The normalized spacial score (nSPS) is 12.7. The maximum atomic E-state index is 10.6. The van der Waals surface area contributed by atoms with Crippen LogP contribution in [0.3, 0.4) is 0 Å². The SMILES string of the molecule is CI(NC(=O)I)C(C)(C)C. The van der Waals surface area contributed by atoms with Crippen LogP contribution in [0.5, 0.6) is 0 Å². The maximum absolute atomic E-state index is 10.6. The first-order valence-electron chi connectivity index (χ1n) is 2.90. The molecule has 10 heavy (non-hydrogen) atoms. The first-order valence-corrected chi connectivity index (χ1v) is 8.29. The summed E-state index contributed by atoms with van der Waals surface area (Å²) in [7, 11) is 0. The van der Waals surface area contributed by atoms with Gasteiger partial charge in [0.05, 0.1) is 0 Å². The van der Waals surface area contributed by atoms with Gasteiger partial charge in [0.2, 0.25) is 0 Å². The van der Waals surface area contributed by atoms with E-state index < -0.39 is 20.1 Å². The van der Waals surface area contributed by atoms with Crippen molar-refractivity contribution in [3.63, 3.8) is 0 Å². The van der Waals surface area contributed by atoms with Crippen molar-refractivity contribution in [3.05, 3.63) is 0 Å². The van der Waals surface area contributed by atoms with Gasteiger partial charge in [-0.15, -0.1) is 0 Å². The number of halogens is 2. The molecule has 1 N–H and O–H groups in total. The van der Waals surface area contributed by atoms with E-state index in [0.29, 0.717) is 3.42 Å². The molecule has 0 bridgehead atoms. The molecule has 0 saturated heterocycles. The Balaban J connectivity index is 3.85. The molecule has 0 saturated carbocycles. The van der Waals surface area contributed by atoms with E-state index in [1.165, 1.54) is 0 Å². The summed E-state index contributed by atoms with van der Waals surface area (Å²) in [6, 6.07) is 0. The minimum atomic E-state index is -1.22. The molecule has 62 valence electrons. The summed E-state index contributed by atoms with van der Waals surface area (Å²) in [5, 5.41) is 0. The van der Waals surface area contributed by atoms with Crippen molar-refractivity contribution >= 4 is 46.6 Å². The van der Waals surface area contributed by atoms with Gasteiger partial charge in [0.1, 0.15) is 0 Å². The number of carbonyl (C=O) groups is 1. The molecule has 2 nitrogen and oxygen atoms in total. The van der Waals surface area contributed by atoms with E-state index in [1.807, 2.05) is 0 Å². The van der Waals surface area contributed by atoms with Gasteiger partial charge >= 0.3 is 84.0 Å². The molecule has 0 aliphatic rings. The van der Waals surface area contributed by atoms with Crippen LogP contribution in [0.1, 0.15) is 20.8 Å². The van der Waals surface area contributed by atoms with Crippen LogP contribution >= 0.6 is 42.7 Å². The minimum absolute atomic E-state index is 0.0835. The Bertz CT molecular complexity index is 130. The predicted octanol–water partition coefficient (Wildman–Crippen LogP) is 2.98. The van der Waals surface area contributed by atoms with E-state index in [-0.39, 0.29) is 3.91 Å². The molecule has 0 aliphatic heterocycles. The van der Waals surface area contributed by atoms with E-state index in [4.69, 9.17) is 0 Å². The van der Waals surface area contributed by atoms with E-state index in [2.05, 4.69) is 29.2 Å². The number of nitrogens with one attached hydrogen (secondary N) is 1. The number of amides is 1. The summed E-state index contributed by atoms with van der Waals surface area (Å²) in [6.45, 7) is 6.51. The number of carbonyl (C=O) groups excluding carboxylic acids is 1. The van der Waals surface area contributed by atoms with Crippen molar-refractivity contribution in [2.45, 2.75) is 24.2 Å². The third-order valence-electron chi connectivity index (χ3n) is 1.07. The van der Waals surface area contributed by atoms with Gasteiger partial charge < -0.3 is 0 Å². The second kappa shape index (κ2) is 4.08. The molecule has 0 atom stereocenters. The monoisotopic (exact) mass is 369 g/mol. The summed E-state index contributed by atoms with van der Waals surface area (Å²) >= 11 is 0.567. The molecule has 4 heteroatoms. The Hall–Kier alpha value is 0.930. The van der Waals surface area contributed by atoms with Crippen LogP contribution in [0.15, 0.2) is 0 Å². The number of rotatable bonds is 1. The van der Waals surface area contributed by atoms with Crippen LogP contribution in [0.2, 0.25) is 0 Å². The molecule has 0 fully saturated rings. The third kappa shape index (κ3) is 4.70. The average Bonchev–Trinajstić information content (AvgIpc) is 1.60. The third-order valence-corrected chi connectivity index (χ3v) is 8.52. The molecule has 0 aliphatic carbocycles. The second-order valence-electron chi connectivity index (χ2n) is 2.91. The molecule has 0 radical (unpaired) electrons. The van der Waals surface area contributed by atoms with E-state index in [1.54, 1.807) is 22.6 Å². The number of hydrogen-bond acceptors (Lipinski definition) is 1. The van der Waals surface area contributed by atoms with Gasteiger partial charge in [-0.3, -0.25) is 0 Å². The zero-order valence-corrected chi connectivity index (χ0v) is 11.0. The van der Waals surface area contributed by atoms with Gasteiger partial charge in [0.15, 0.2) is 0 Å². The van der Waals surface area contributed by atoms with Gasteiger partial charge in [-0.05, 0) is 0 Å². The molecular formula is C6H13I2NO. The van der Waals surface area contributed by atoms with E-state index in [9.17, 15) is 4.79 Å². The van der Waals surface area contributed by atoms with Crippen molar-refractivity contribution in [2.24, 2.45) is 0 Å². The standard InChI is InChI=1S/C6H13I2NO/c1-6(2,3)8(4)9-5(7)10/h1-4H3,(H,9,10). The van der Waals surface area contributed by atoms with Crippen molar-refractivity contribution in [3.8, 4) is 0 Å². The van der Waals surface area contributed by atoms with E-state index >= 15 is 0 Å². The Kier molecular flexibility index (Phi) is 4.46. The molecule has 0 aromatic heterocycles. The second-order valence-corrected chi connectivity index (χ2v) is 10.4. The van der Waals surface area contributed by atoms with Crippen molar-refractivity contribution in [1.82, 2.24) is 3.53 Å². The molecule has 0 heterocycles. The zero-order valence-electron chi connectivity index (χ0n) is 6.66. The van der Waals surface area contributed by atoms with Crippen LogP contribution < -0.4 is 3.53 Å². The fourth-order valence-corrected chi connectivity index (χ4v) is 3.75. The Morgan fingerprint density at radius 2 is 1.90 bits per heavy atom. The zero-order chi connectivity index (χ0) is 8.36. The van der Waals surface area contributed by atoms with Crippen LogP contribution in [0, 0.1) is 0 Å². The fourth-order valence-electron chi connectivity index (χ4n) is 0.253. The van der Waals surface area contributed by atoms with Crippen LogP contribution in [-0.4, -0.2) is 12.3 Å². The van der Waals surface area contributed by atoms with Crippen molar-refractivity contribution < 1.29 is 4.79 Å². The summed E-state index contributed by atoms with van der Waals surface area (Å²) in [5.74, 6) is 0. The number of alkyl halides is 2. The van der Waals surface area contributed by atoms with Gasteiger partial charge in [0, 0.05) is 0 Å². The van der Waals surface area contributed by atoms with Gasteiger partial charge in [-0.25, -0.2) is 0 Å². The molecule has 0 aromatic rings. The first-order chi connectivity index (χ1) is 4.34. The Labute approximate surface area is 83.4 Å². The van der Waals surface area contributed by atoms with Crippen LogP contribution in [0.25, 0.3) is 0 Å². The quantitative estimate of drug-likeness (QED) is 0.249. The van der Waals surface area contributed by atoms with Gasteiger partial charge in [-0.1, -0.05) is 0 Å². The van der Waals surface area contributed by atoms with Crippen molar-refractivity contribution in [1.29, 1.82) is 0 Å². The van der Waals surface area contributed by atoms with Gasteiger partial charge in [0.25, 0.3) is 0 Å². The van der Waals surface area contributed by atoms with Crippen LogP contribution in [-0.2, 0) is 0 Å². The first kappa shape index (κ1) is 10.9. The topological polar surface area (TPSA) is 29.1 Å². The molecule has 0 unspecified atom stereocenters. The molecule has 0 spiro atoms. The molecule has 1 amide bonds. The summed E-state index contributed by atoms with van der Waals surface area (Å²) in [5.41, 5.74) is 0. The summed E-state index contributed by atoms with van der Waals surface area (Å²) in [4.78, 5) is 12.8. The molecular weight excluding hydrogens is 356 g/mol. The average molecular weight is 369 g/mol. The fraction of sp³-hybridized carbons (Fsp3) is 0.833. The van der Waals surface area contributed by atoms with Crippen molar-refractivity contribution in [2.75, 3.05) is 4.93 Å².